The summed E-state index contributed by atoms with van der Waals surface area (Å²) in [6.07, 6.45) is 2.20. The van der Waals surface area contributed by atoms with E-state index in [-0.39, 0.29) is 0 Å². The normalized spacial score (nSPS) is 11.7. The van der Waals surface area contributed by atoms with Crippen molar-refractivity contribution in [2.24, 2.45) is 0 Å². The lowest BCUT2D eigenvalue weighted by atomic mass is 10.0. The minimum absolute atomic E-state index is 0.403. The average molecular weight is 336 g/mol. The van der Waals surface area contributed by atoms with E-state index in [0.29, 0.717) is 12.0 Å². The quantitative estimate of drug-likeness (QED) is 0.688. The van der Waals surface area contributed by atoms with Crippen LogP contribution in [0.2, 0.25) is 0 Å². The molecule has 4 heteroatoms. The first-order valence-corrected chi connectivity index (χ1v) is 9.01. The van der Waals surface area contributed by atoms with Gasteiger partial charge in [-0.1, -0.05) is 13.8 Å². The van der Waals surface area contributed by atoms with Gasteiger partial charge in [-0.05, 0) is 62.9 Å². The van der Waals surface area contributed by atoms with Gasteiger partial charge >= 0.3 is 0 Å². The molecule has 0 unspecified atom stereocenters. The molecular formula is C21H28N4. The summed E-state index contributed by atoms with van der Waals surface area (Å²) < 4.78 is 2.30. The molecule has 0 radical (unpaired) electrons. The predicted octanol–water partition coefficient (Wildman–Crippen LogP) is 5.46. The lowest BCUT2D eigenvalue weighted by Gasteiger charge is -2.15. The number of aryl methyl sites for hydroxylation is 2. The van der Waals surface area contributed by atoms with E-state index in [1.807, 2.05) is 7.05 Å². The molecule has 3 heterocycles. The number of anilines is 1. The summed E-state index contributed by atoms with van der Waals surface area (Å²) in [5.74, 6) is 1.29. The number of nitrogens with zero attached hydrogens (tertiary/aromatic N) is 3. The second-order valence-corrected chi connectivity index (χ2v) is 7.37. The average Bonchev–Trinajstić information content (AvgIpc) is 2.89. The lowest BCUT2D eigenvalue weighted by molar-refractivity contribution is 0.621. The fourth-order valence-corrected chi connectivity index (χ4v) is 3.30. The van der Waals surface area contributed by atoms with Gasteiger partial charge < -0.3 is 9.88 Å². The predicted molar refractivity (Wildman–Crippen MR) is 106 cm³/mol. The second-order valence-electron chi connectivity index (χ2n) is 7.37. The van der Waals surface area contributed by atoms with Crippen LogP contribution in [-0.2, 0) is 0 Å². The van der Waals surface area contributed by atoms with Crippen molar-refractivity contribution in [3.05, 3.63) is 41.2 Å². The van der Waals surface area contributed by atoms with Gasteiger partial charge in [0.25, 0.3) is 0 Å². The maximum Gasteiger partial charge on any atom is 0.135 e. The molecule has 0 fully saturated rings. The van der Waals surface area contributed by atoms with Crippen LogP contribution in [0.15, 0.2) is 24.4 Å². The number of hydrogen-bond donors (Lipinski definition) is 1. The number of hydrogen-bond acceptors (Lipinski definition) is 3. The van der Waals surface area contributed by atoms with E-state index < -0.39 is 0 Å². The van der Waals surface area contributed by atoms with Crippen LogP contribution in [0.1, 0.15) is 56.5 Å². The fourth-order valence-electron chi connectivity index (χ4n) is 3.30. The molecule has 132 valence electrons. The van der Waals surface area contributed by atoms with Crippen LogP contribution >= 0.6 is 0 Å². The number of rotatable bonds is 4. The van der Waals surface area contributed by atoms with Gasteiger partial charge in [-0.15, -0.1) is 0 Å². The standard InChI is InChI=1S/C21H28N4/c1-12(2)17-9-8-16(21(22-7)23-17)19-14(5)10-18-20(24-19)15(6)11-25(18)13(3)4/h8-13H,1-7H3,(H,22,23). The summed E-state index contributed by atoms with van der Waals surface area (Å²) in [7, 11) is 1.92. The maximum absolute atomic E-state index is 5.03. The van der Waals surface area contributed by atoms with Crippen molar-refractivity contribution in [3.63, 3.8) is 0 Å². The van der Waals surface area contributed by atoms with Gasteiger partial charge in [-0.25, -0.2) is 9.97 Å². The smallest absolute Gasteiger partial charge is 0.135 e. The van der Waals surface area contributed by atoms with E-state index in [9.17, 15) is 0 Å². The van der Waals surface area contributed by atoms with Crippen molar-refractivity contribution in [1.82, 2.24) is 14.5 Å². The van der Waals surface area contributed by atoms with E-state index in [2.05, 4.69) is 75.8 Å². The maximum atomic E-state index is 5.03. The molecule has 0 saturated heterocycles. The Balaban J connectivity index is 2.23. The molecule has 0 aliphatic rings. The SMILES string of the molecule is CNc1nc(C(C)C)ccc1-c1nc2c(C)cn(C(C)C)c2cc1C. The molecule has 0 bridgehead atoms. The van der Waals surface area contributed by atoms with Gasteiger partial charge in [0.2, 0.25) is 0 Å². The zero-order valence-electron chi connectivity index (χ0n) is 16.3. The molecule has 1 N–H and O–H groups in total. The topological polar surface area (TPSA) is 42.7 Å². The van der Waals surface area contributed by atoms with Gasteiger partial charge in [-0.3, -0.25) is 0 Å². The molecule has 3 aromatic rings. The van der Waals surface area contributed by atoms with Gasteiger partial charge in [-0.2, -0.15) is 0 Å². The van der Waals surface area contributed by atoms with Crippen molar-refractivity contribution < 1.29 is 0 Å². The van der Waals surface area contributed by atoms with Crippen LogP contribution in [0.25, 0.3) is 22.3 Å². The summed E-state index contributed by atoms with van der Waals surface area (Å²) in [6, 6.07) is 6.92. The number of fused-ring (bicyclic) bond motifs is 1. The Bertz CT molecular complexity index is 919. The van der Waals surface area contributed by atoms with E-state index in [1.165, 1.54) is 16.6 Å². The highest BCUT2D eigenvalue weighted by Crippen LogP contribution is 2.33. The molecule has 0 atom stereocenters. The van der Waals surface area contributed by atoms with E-state index in [0.717, 1.165) is 28.3 Å². The van der Waals surface area contributed by atoms with Crippen LogP contribution in [0.4, 0.5) is 5.82 Å². The monoisotopic (exact) mass is 336 g/mol. The van der Waals surface area contributed by atoms with Crippen molar-refractivity contribution in [2.45, 2.75) is 53.5 Å². The fraction of sp³-hybridized carbons (Fsp3) is 0.429. The van der Waals surface area contributed by atoms with Gasteiger partial charge in [0.1, 0.15) is 5.82 Å². The Kier molecular flexibility index (Phi) is 4.55. The molecule has 0 amide bonds. The van der Waals surface area contributed by atoms with Crippen LogP contribution < -0.4 is 5.32 Å². The van der Waals surface area contributed by atoms with Crippen LogP contribution in [0.5, 0.6) is 0 Å². The molecule has 0 aliphatic carbocycles. The molecule has 0 aliphatic heterocycles. The summed E-state index contributed by atoms with van der Waals surface area (Å²) >= 11 is 0. The van der Waals surface area contributed by atoms with Gasteiger partial charge in [0, 0.05) is 30.5 Å². The van der Waals surface area contributed by atoms with E-state index in [4.69, 9.17) is 9.97 Å². The van der Waals surface area contributed by atoms with Crippen LogP contribution in [0, 0.1) is 13.8 Å². The first-order chi connectivity index (χ1) is 11.8. The molecule has 3 aromatic heterocycles. The second kappa shape index (κ2) is 6.51. The zero-order chi connectivity index (χ0) is 18.3. The Morgan fingerprint density at radius 3 is 2.32 bits per heavy atom. The van der Waals surface area contributed by atoms with Gasteiger partial charge in [0.05, 0.1) is 16.7 Å². The highest BCUT2D eigenvalue weighted by Gasteiger charge is 2.16. The minimum Gasteiger partial charge on any atom is -0.373 e. The third-order valence-electron chi connectivity index (χ3n) is 4.73. The first-order valence-electron chi connectivity index (χ1n) is 9.01. The van der Waals surface area contributed by atoms with Crippen LogP contribution in [0.3, 0.4) is 0 Å². The Morgan fingerprint density at radius 1 is 1.00 bits per heavy atom. The molecule has 25 heavy (non-hydrogen) atoms. The summed E-state index contributed by atoms with van der Waals surface area (Å²) in [5.41, 5.74) is 7.81. The molecule has 0 saturated carbocycles. The Morgan fingerprint density at radius 2 is 1.72 bits per heavy atom. The summed E-state index contributed by atoms with van der Waals surface area (Å²) in [5, 5.41) is 3.25. The Labute approximate surface area is 150 Å². The van der Waals surface area contributed by atoms with E-state index >= 15 is 0 Å². The Hall–Kier alpha value is -2.36. The largest absolute Gasteiger partial charge is 0.373 e. The highest BCUT2D eigenvalue weighted by molar-refractivity contribution is 5.86. The van der Waals surface area contributed by atoms with Gasteiger partial charge in [0.15, 0.2) is 0 Å². The van der Waals surface area contributed by atoms with Crippen molar-refractivity contribution in [3.8, 4) is 11.3 Å². The highest BCUT2D eigenvalue weighted by atomic mass is 15.0. The zero-order valence-corrected chi connectivity index (χ0v) is 16.3. The molecular weight excluding hydrogens is 308 g/mol. The van der Waals surface area contributed by atoms with Crippen LogP contribution in [-0.4, -0.2) is 21.6 Å². The van der Waals surface area contributed by atoms with Crippen molar-refractivity contribution in [2.75, 3.05) is 12.4 Å². The molecule has 0 aromatic carbocycles. The number of aromatic nitrogens is 3. The first kappa shape index (κ1) is 17.5. The molecule has 3 rings (SSSR count). The third kappa shape index (κ3) is 3.01. The number of pyridine rings is 2. The molecule has 0 spiro atoms. The summed E-state index contributed by atoms with van der Waals surface area (Å²) in [6.45, 7) is 13.0. The minimum atomic E-state index is 0.403. The molecule has 4 nitrogen and oxygen atoms in total. The lowest BCUT2D eigenvalue weighted by Crippen LogP contribution is -2.03. The van der Waals surface area contributed by atoms with Crippen molar-refractivity contribution in [1.29, 1.82) is 0 Å². The van der Waals surface area contributed by atoms with Crippen molar-refractivity contribution >= 4 is 16.9 Å². The number of nitrogens with one attached hydrogen (secondary N) is 1. The third-order valence-corrected chi connectivity index (χ3v) is 4.73. The summed E-state index contributed by atoms with van der Waals surface area (Å²) in [4.78, 5) is 9.82. The van der Waals surface area contributed by atoms with E-state index in [1.54, 1.807) is 0 Å².